The summed E-state index contributed by atoms with van der Waals surface area (Å²) in [4.78, 5) is 11.3. The largest absolute Gasteiger partial charge is 0.462 e. The summed E-state index contributed by atoms with van der Waals surface area (Å²) < 4.78 is 18.0. The van der Waals surface area contributed by atoms with E-state index < -0.39 is 5.97 Å². The van der Waals surface area contributed by atoms with Crippen molar-refractivity contribution in [1.82, 2.24) is 0 Å². The van der Waals surface area contributed by atoms with Gasteiger partial charge >= 0.3 is 5.97 Å². The van der Waals surface area contributed by atoms with Crippen molar-refractivity contribution in [2.24, 2.45) is 0 Å². The maximum atomic E-state index is 12.8. The number of nitrogens with one attached hydrogen (secondary N) is 1. The van der Waals surface area contributed by atoms with E-state index in [1.807, 2.05) is 0 Å². The quantitative estimate of drug-likeness (QED) is 0.527. The summed E-state index contributed by atoms with van der Waals surface area (Å²) in [6.45, 7) is 1.84. The molecule has 0 bridgehead atoms. The molecular weight excluding hydrogens is 303 g/mol. The van der Waals surface area contributed by atoms with Gasteiger partial charge in [-0.25, -0.2) is 9.18 Å². The van der Waals surface area contributed by atoms with Gasteiger partial charge in [-0.05, 0) is 41.1 Å². The topological polar surface area (TPSA) is 62.1 Å². The molecule has 0 saturated carbocycles. The Balaban J connectivity index is 2.84. The first kappa shape index (κ1) is 14.2. The summed E-state index contributed by atoms with van der Waals surface area (Å²) in [5, 5.41) is 11.5. The van der Waals surface area contributed by atoms with Crippen molar-refractivity contribution in [3.63, 3.8) is 0 Å². The lowest BCUT2D eigenvalue weighted by Gasteiger charge is -2.05. The molecule has 0 aliphatic heterocycles. The van der Waals surface area contributed by atoms with Crippen LogP contribution in [-0.4, -0.2) is 12.6 Å². The van der Waals surface area contributed by atoms with Crippen LogP contribution in [0.15, 0.2) is 34.4 Å². The van der Waals surface area contributed by atoms with Gasteiger partial charge in [0, 0.05) is 10.7 Å². The zero-order valence-electron chi connectivity index (χ0n) is 9.54. The number of nitrogens with zero attached hydrogens (tertiary/aromatic N) is 1. The van der Waals surface area contributed by atoms with E-state index in [1.165, 1.54) is 24.4 Å². The average Bonchev–Trinajstić information content (AvgIpc) is 2.32. The minimum atomic E-state index is -0.703. The highest BCUT2D eigenvalue weighted by Gasteiger charge is 2.09. The SMILES string of the molecule is CCOC(=O)/C(C#N)=C/Nc1ccc(F)cc1Br. The van der Waals surface area contributed by atoms with E-state index in [4.69, 9.17) is 10.00 Å². The third kappa shape index (κ3) is 3.86. The zero-order valence-corrected chi connectivity index (χ0v) is 11.1. The van der Waals surface area contributed by atoms with E-state index in [-0.39, 0.29) is 18.0 Å². The number of hydrogen-bond donors (Lipinski definition) is 1. The maximum absolute atomic E-state index is 12.8. The summed E-state index contributed by atoms with van der Waals surface area (Å²) in [6.07, 6.45) is 1.22. The Morgan fingerprint density at radius 1 is 1.67 bits per heavy atom. The summed E-state index contributed by atoms with van der Waals surface area (Å²) in [5.74, 6) is -1.09. The molecule has 0 spiro atoms. The molecule has 18 heavy (non-hydrogen) atoms. The van der Waals surface area contributed by atoms with E-state index >= 15 is 0 Å². The molecule has 1 N–H and O–H groups in total. The third-order valence-electron chi connectivity index (χ3n) is 1.92. The second-order valence-electron chi connectivity index (χ2n) is 3.16. The molecule has 4 nitrogen and oxygen atoms in total. The number of benzene rings is 1. The summed E-state index contributed by atoms with van der Waals surface area (Å²) in [6, 6.07) is 5.74. The maximum Gasteiger partial charge on any atom is 0.350 e. The standard InChI is InChI=1S/C12H10BrFN2O2/c1-2-18-12(17)8(6-15)7-16-11-4-3-9(14)5-10(11)13/h3-5,7,16H,2H2,1H3/b8-7+. The lowest BCUT2D eigenvalue weighted by atomic mass is 10.3. The van der Waals surface area contributed by atoms with Crippen LogP contribution in [0.1, 0.15) is 6.92 Å². The monoisotopic (exact) mass is 312 g/mol. The molecule has 1 rings (SSSR count). The first-order valence-electron chi connectivity index (χ1n) is 5.07. The van der Waals surface area contributed by atoms with Crippen molar-refractivity contribution in [3.05, 3.63) is 40.3 Å². The number of carbonyl (C=O) groups excluding carboxylic acids is 1. The molecule has 1 aromatic carbocycles. The van der Waals surface area contributed by atoms with Crippen LogP contribution in [-0.2, 0) is 9.53 Å². The van der Waals surface area contributed by atoms with E-state index in [0.717, 1.165) is 0 Å². The Labute approximate surface area is 112 Å². The van der Waals surface area contributed by atoms with Gasteiger partial charge in [0.2, 0.25) is 0 Å². The van der Waals surface area contributed by atoms with Gasteiger partial charge in [-0.1, -0.05) is 0 Å². The Bertz CT molecular complexity index is 523. The molecule has 0 aromatic heterocycles. The molecule has 0 fully saturated rings. The molecule has 0 atom stereocenters. The molecule has 94 valence electrons. The average molecular weight is 313 g/mol. The number of rotatable bonds is 4. The number of halogens is 2. The Morgan fingerprint density at radius 2 is 2.39 bits per heavy atom. The van der Waals surface area contributed by atoms with Crippen LogP contribution in [0.3, 0.4) is 0 Å². The van der Waals surface area contributed by atoms with Gasteiger partial charge in [0.25, 0.3) is 0 Å². The summed E-state index contributed by atoms with van der Waals surface area (Å²) >= 11 is 3.16. The molecule has 6 heteroatoms. The molecular formula is C12H10BrFN2O2. The smallest absolute Gasteiger partial charge is 0.350 e. The minimum Gasteiger partial charge on any atom is -0.462 e. The van der Waals surface area contributed by atoms with Crippen LogP contribution in [0, 0.1) is 17.1 Å². The van der Waals surface area contributed by atoms with Gasteiger partial charge in [-0.2, -0.15) is 5.26 Å². The number of ether oxygens (including phenoxy) is 1. The van der Waals surface area contributed by atoms with Gasteiger partial charge in [0.1, 0.15) is 11.9 Å². The fourth-order valence-corrected chi connectivity index (χ4v) is 1.57. The molecule has 0 aliphatic rings. The van der Waals surface area contributed by atoms with Gasteiger partial charge in [0.15, 0.2) is 5.57 Å². The fourth-order valence-electron chi connectivity index (χ4n) is 1.10. The van der Waals surface area contributed by atoms with E-state index in [2.05, 4.69) is 21.2 Å². The highest BCUT2D eigenvalue weighted by atomic mass is 79.9. The first-order valence-corrected chi connectivity index (χ1v) is 5.86. The van der Waals surface area contributed by atoms with Crippen LogP contribution in [0.25, 0.3) is 0 Å². The van der Waals surface area contributed by atoms with E-state index in [1.54, 1.807) is 13.0 Å². The molecule has 0 heterocycles. The Kier molecular flexibility index (Phi) is 5.33. The highest BCUT2D eigenvalue weighted by molar-refractivity contribution is 9.10. The number of anilines is 1. The summed E-state index contributed by atoms with van der Waals surface area (Å²) in [5.41, 5.74) is 0.376. The van der Waals surface area contributed by atoms with Gasteiger partial charge in [-0.15, -0.1) is 0 Å². The van der Waals surface area contributed by atoms with Gasteiger partial charge in [-0.3, -0.25) is 0 Å². The van der Waals surface area contributed by atoms with Crippen LogP contribution in [0.2, 0.25) is 0 Å². The molecule has 0 aliphatic carbocycles. The van der Waals surface area contributed by atoms with Crippen molar-refractivity contribution in [3.8, 4) is 6.07 Å². The van der Waals surface area contributed by atoms with Crippen LogP contribution in [0.4, 0.5) is 10.1 Å². The van der Waals surface area contributed by atoms with Crippen LogP contribution >= 0.6 is 15.9 Å². The second-order valence-corrected chi connectivity index (χ2v) is 4.01. The van der Waals surface area contributed by atoms with Gasteiger partial charge in [0.05, 0.1) is 12.3 Å². The molecule has 0 saturated heterocycles. The van der Waals surface area contributed by atoms with Crippen LogP contribution < -0.4 is 5.32 Å². The lowest BCUT2D eigenvalue weighted by Crippen LogP contribution is -2.08. The number of esters is 1. The number of carbonyl (C=O) groups is 1. The lowest BCUT2D eigenvalue weighted by molar-refractivity contribution is -0.138. The summed E-state index contributed by atoms with van der Waals surface area (Å²) in [7, 11) is 0. The van der Waals surface area contributed by atoms with Crippen LogP contribution in [0.5, 0.6) is 0 Å². The Morgan fingerprint density at radius 3 is 2.94 bits per heavy atom. The molecule has 1 aromatic rings. The van der Waals surface area contributed by atoms with E-state index in [9.17, 15) is 9.18 Å². The molecule has 0 unspecified atom stereocenters. The predicted octanol–water partition coefficient (Wildman–Crippen LogP) is 2.97. The van der Waals surface area contributed by atoms with Crippen molar-refractivity contribution >= 4 is 27.6 Å². The predicted molar refractivity (Wildman–Crippen MR) is 68.1 cm³/mol. The van der Waals surface area contributed by atoms with Crippen molar-refractivity contribution in [2.75, 3.05) is 11.9 Å². The number of hydrogen-bond acceptors (Lipinski definition) is 4. The normalized spacial score (nSPS) is 10.7. The van der Waals surface area contributed by atoms with Crippen molar-refractivity contribution in [1.29, 1.82) is 5.26 Å². The second kappa shape index (κ2) is 6.77. The fraction of sp³-hybridized carbons (Fsp3) is 0.167. The van der Waals surface area contributed by atoms with E-state index in [0.29, 0.717) is 10.2 Å². The zero-order chi connectivity index (χ0) is 13.5. The van der Waals surface area contributed by atoms with Gasteiger partial charge < -0.3 is 10.1 Å². The molecule has 0 amide bonds. The highest BCUT2D eigenvalue weighted by Crippen LogP contribution is 2.23. The first-order chi connectivity index (χ1) is 8.58. The third-order valence-corrected chi connectivity index (χ3v) is 2.58. The number of nitriles is 1. The molecule has 0 radical (unpaired) electrons. The van der Waals surface area contributed by atoms with Crippen molar-refractivity contribution < 1.29 is 13.9 Å². The minimum absolute atomic E-state index is 0.159. The van der Waals surface area contributed by atoms with Crippen molar-refractivity contribution in [2.45, 2.75) is 6.92 Å². The Hall–Kier alpha value is -1.87.